The quantitative estimate of drug-likeness (QED) is 0.848. The van der Waals surface area contributed by atoms with Crippen molar-refractivity contribution in [2.24, 2.45) is 5.92 Å². The Morgan fingerprint density at radius 3 is 2.55 bits per heavy atom. The zero-order chi connectivity index (χ0) is 15.3. The first-order valence-corrected chi connectivity index (χ1v) is 7.00. The molecular weight excluding hydrogens is 278 g/mol. The van der Waals surface area contributed by atoms with Crippen molar-refractivity contribution in [3.63, 3.8) is 0 Å². The fraction of sp³-hybridized carbons (Fsp3) is 0.467. The molecule has 1 amide bonds. The first-order chi connectivity index (χ1) is 9.35. The highest BCUT2D eigenvalue weighted by Crippen LogP contribution is 2.18. The first-order valence-electron chi connectivity index (χ1n) is 6.62. The van der Waals surface area contributed by atoms with E-state index in [0.29, 0.717) is 17.0 Å². The molecule has 2 atom stereocenters. The summed E-state index contributed by atoms with van der Waals surface area (Å²) in [7, 11) is 0. The topological polar surface area (TPSA) is 66.4 Å². The highest BCUT2D eigenvalue weighted by Gasteiger charge is 2.25. The third-order valence-electron chi connectivity index (χ3n) is 3.36. The first kappa shape index (κ1) is 16.5. The number of carboxylic acids is 1. The molecule has 0 aliphatic rings. The Kier molecular flexibility index (Phi) is 6.02. The maximum absolute atomic E-state index is 12.0. The van der Waals surface area contributed by atoms with E-state index in [9.17, 15) is 9.59 Å². The zero-order valence-corrected chi connectivity index (χ0v) is 12.7. The second-order valence-corrected chi connectivity index (χ2v) is 5.45. The molecule has 0 aliphatic heterocycles. The summed E-state index contributed by atoms with van der Waals surface area (Å²) < 4.78 is 0. The predicted octanol–water partition coefficient (Wildman–Crippen LogP) is 2.81. The van der Waals surface area contributed by atoms with Crippen LogP contribution in [0.15, 0.2) is 18.2 Å². The van der Waals surface area contributed by atoms with Crippen LogP contribution in [0.5, 0.6) is 0 Å². The van der Waals surface area contributed by atoms with E-state index in [1.807, 2.05) is 19.9 Å². The van der Waals surface area contributed by atoms with E-state index < -0.39 is 12.0 Å². The number of hydrogen-bond donors (Lipinski definition) is 2. The number of carbonyl (C=O) groups excluding carboxylic acids is 1. The number of carbonyl (C=O) groups is 2. The molecule has 0 radical (unpaired) electrons. The van der Waals surface area contributed by atoms with Crippen molar-refractivity contribution in [1.29, 1.82) is 0 Å². The minimum Gasteiger partial charge on any atom is -0.480 e. The maximum Gasteiger partial charge on any atom is 0.326 e. The Bertz CT molecular complexity index is 502. The van der Waals surface area contributed by atoms with Gasteiger partial charge in [0.2, 0.25) is 5.91 Å². The minimum atomic E-state index is -1.01. The lowest BCUT2D eigenvalue weighted by molar-refractivity contribution is -0.143. The summed E-state index contributed by atoms with van der Waals surface area (Å²) in [6, 6.07) is 4.58. The molecule has 0 bridgehead atoms. The Morgan fingerprint density at radius 2 is 2.05 bits per heavy atom. The van der Waals surface area contributed by atoms with Crippen molar-refractivity contribution in [2.45, 2.75) is 39.7 Å². The summed E-state index contributed by atoms with van der Waals surface area (Å²) in [5, 5.41) is 12.2. The van der Waals surface area contributed by atoms with E-state index in [2.05, 4.69) is 5.32 Å². The molecule has 1 aromatic rings. The van der Waals surface area contributed by atoms with Crippen LogP contribution in [0.3, 0.4) is 0 Å². The lowest BCUT2D eigenvalue weighted by Gasteiger charge is -2.20. The second-order valence-electron chi connectivity index (χ2n) is 5.04. The number of benzene rings is 1. The minimum absolute atomic E-state index is 0.0827. The van der Waals surface area contributed by atoms with Gasteiger partial charge in [-0.1, -0.05) is 44.0 Å². The number of aliphatic carboxylic acids is 1. The Labute approximate surface area is 124 Å². The van der Waals surface area contributed by atoms with Crippen molar-refractivity contribution in [2.75, 3.05) is 0 Å². The van der Waals surface area contributed by atoms with Gasteiger partial charge in [-0.2, -0.15) is 0 Å². The number of rotatable bonds is 6. The molecule has 0 aromatic heterocycles. The lowest BCUT2D eigenvalue weighted by Crippen LogP contribution is -2.45. The van der Waals surface area contributed by atoms with Gasteiger partial charge in [0.05, 0.1) is 6.42 Å². The average Bonchev–Trinajstić information content (AvgIpc) is 2.38. The molecule has 20 heavy (non-hydrogen) atoms. The van der Waals surface area contributed by atoms with E-state index in [4.69, 9.17) is 16.7 Å². The van der Waals surface area contributed by atoms with Gasteiger partial charge >= 0.3 is 5.97 Å². The van der Waals surface area contributed by atoms with Gasteiger partial charge in [0.1, 0.15) is 6.04 Å². The molecule has 110 valence electrons. The molecule has 0 saturated carbocycles. The summed E-state index contributed by atoms with van der Waals surface area (Å²) in [5.41, 5.74) is 1.71. The van der Waals surface area contributed by atoms with Crippen LogP contribution in [0, 0.1) is 12.8 Å². The summed E-state index contributed by atoms with van der Waals surface area (Å²) in [5.74, 6) is -1.46. The fourth-order valence-corrected chi connectivity index (χ4v) is 2.18. The third kappa shape index (κ3) is 4.53. The number of aryl methyl sites for hydroxylation is 1. The van der Waals surface area contributed by atoms with Crippen molar-refractivity contribution in [1.82, 2.24) is 5.32 Å². The molecule has 1 aromatic carbocycles. The van der Waals surface area contributed by atoms with Crippen LogP contribution < -0.4 is 5.32 Å². The van der Waals surface area contributed by atoms with E-state index >= 15 is 0 Å². The van der Waals surface area contributed by atoms with Gasteiger partial charge in [-0.3, -0.25) is 4.79 Å². The number of hydrogen-bond acceptors (Lipinski definition) is 2. The molecule has 5 heteroatoms. The Hall–Kier alpha value is -1.55. The van der Waals surface area contributed by atoms with Crippen LogP contribution >= 0.6 is 11.6 Å². The molecule has 0 aliphatic carbocycles. The number of halogens is 1. The predicted molar refractivity (Wildman–Crippen MR) is 78.9 cm³/mol. The smallest absolute Gasteiger partial charge is 0.326 e. The second kappa shape index (κ2) is 7.29. The Balaban J connectivity index is 2.73. The summed E-state index contributed by atoms with van der Waals surface area (Å²) in [6.45, 7) is 5.61. The Morgan fingerprint density at radius 1 is 1.40 bits per heavy atom. The van der Waals surface area contributed by atoms with Gasteiger partial charge in [-0.25, -0.2) is 4.79 Å². The van der Waals surface area contributed by atoms with Crippen LogP contribution in [0.4, 0.5) is 0 Å². The van der Waals surface area contributed by atoms with E-state index in [-0.39, 0.29) is 18.2 Å². The molecule has 0 spiro atoms. The molecule has 4 nitrogen and oxygen atoms in total. The molecule has 0 fully saturated rings. The van der Waals surface area contributed by atoms with Crippen LogP contribution in [-0.4, -0.2) is 23.0 Å². The summed E-state index contributed by atoms with van der Waals surface area (Å²) in [6.07, 6.45) is 0.766. The van der Waals surface area contributed by atoms with Gasteiger partial charge in [-0.15, -0.1) is 0 Å². The van der Waals surface area contributed by atoms with Crippen molar-refractivity contribution >= 4 is 23.5 Å². The van der Waals surface area contributed by atoms with Gasteiger partial charge in [0.15, 0.2) is 0 Å². The van der Waals surface area contributed by atoms with Gasteiger partial charge in [-0.05, 0) is 30.0 Å². The molecule has 0 saturated heterocycles. The fourth-order valence-electron chi connectivity index (χ4n) is 1.88. The number of carboxylic acid groups (broad SMARTS) is 1. The molecule has 2 N–H and O–H groups in total. The maximum atomic E-state index is 12.0. The average molecular weight is 298 g/mol. The summed E-state index contributed by atoms with van der Waals surface area (Å²) in [4.78, 5) is 23.1. The van der Waals surface area contributed by atoms with Crippen molar-refractivity contribution in [3.05, 3.63) is 34.3 Å². The van der Waals surface area contributed by atoms with Crippen LogP contribution in [-0.2, 0) is 16.0 Å². The van der Waals surface area contributed by atoms with E-state index in [0.717, 1.165) is 5.56 Å². The zero-order valence-electron chi connectivity index (χ0n) is 11.9. The molecule has 0 heterocycles. The standard InChI is InChI=1S/C15H20ClNO3/c1-4-10(3)14(15(19)20)17-13(18)8-11-6-5-9(2)7-12(11)16/h5-7,10,14H,4,8H2,1-3H3,(H,17,18)(H,19,20)/t10-,14-/m0/s1. The number of amides is 1. The van der Waals surface area contributed by atoms with Gasteiger partial charge in [0, 0.05) is 5.02 Å². The largest absolute Gasteiger partial charge is 0.480 e. The number of nitrogens with one attached hydrogen (secondary N) is 1. The molecule has 0 unspecified atom stereocenters. The van der Waals surface area contributed by atoms with E-state index in [1.54, 1.807) is 19.1 Å². The monoisotopic (exact) mass is 297 g/mol. The third-order valence-corrected chi connectivity index (χ3v) is 3.71. The van der Waals surface area contributed by atoms with Gasteiger partial charge < -0.3 is 10.4 Å². The van der Waals surface area contributed by atoms with Crippen molar-refractivity contribution in [3.8, 4) is 0 Å². The molecule has 1 rings (SSSR count). The normalized spacial score (nSPS) is 13.6. The van der Waals surface area contributed by atoms with Crippen LogP contribution in [0.1, 0.15) is 31.4 Å². The SMILES string of the molecule is CC[C@H](C)[C@H](NC(=O)Cc1ccc(C)cc1Cl)C(=O)O. The molecular formula is C15H20ClNO3. The van der Waals surface area contributed by atoms with Gasteiger partial charge in [0.25, 0.3) is 0 Å². The van der Waals surface area contributed by atoms with E-state index in [1.165, 1.54) is 0 Å². The van der Waals surface area contributed by atoms with Crippen LogP contribution in [0.2, 0.25) is 5.02 Å². The van der Waals surface area contributed by atoms with Crippen LogP contribution in [0.25, 0.3) is 0 Å². The highest BCUT2D eigenvalue weighted by atomic mass is 35.5. The van der Waals surface area contributed by atoms with Crippen molar-refractivity contribution < 1.29 is 14.7 Å². The lowest BCUT2D eigenvalue weighted by atomic mass is 9.99. The summed E-state index contributed by atoms with van der Waals surface area (Å²) >= 11 is 6.07. The highest BCUT2D eigenvalue weighted by molar-refractivity contribution is 6.31.